The van der Waals surface area contributed by atoms with Crippen LogP contribution in [-0.2, 0) is 30.3 Å². The summed E-state index contributed by atoms with van der Waals surface area (Å²) in [6, 6.07) is 9.26. The predicted octanol–water partition coefficient (Wildman–Crippen LogP) is 2.98. The van der Waals surface area contributed by atoms with E-state index in [-0.39, 0.29) is 31.9 Å². The van der Waals surface area contributed by atoms with E-state index in [1.54, 1.807) is 13.8 Å². The highest BCUT2D eigenvalue weighted by molar-refractivity contribution is 5.82. The molecule has 0 radical (unpaired) electrons. The van der Waals surface area contributed by atoms with Gasteiger partial charge in [-0.3, -0.25) is 4.90 Å². The fraction of sp³-hybridized carbons (Fsp3) is 0.600. The number of hydrogen-bond donors (Lipinski definition) is 0. The number of nitrogens with zero attached hydrogens (tertiary/aromatic N) is 1. The minimum atomic E-state index is -0.613. The largest absolute Gasteiger partial charge is 0.464 e. The van der Waals surface area contributed by atoms with Gasteiger partial charge in [-0.15, -0.1) is 0 Å². The lowest BCUT2D eigenvalue weighted by atomic mass is 9.97. The van der Waals surface area contributed by atoms with Gasteiger partial charge >= 0.3 is 12.1 Å². The number of carbonyl (C=O) groups is 2. The van der Waals surface area contributed by atoms with Crippen molar-refractivity contribution in [2.45, 2.75) is 39.3 Å². The van der Waals surface area contributed by atoms with Gasteiger partial charge in [0.2, 0.25) is 0 Å². The maximum Gasteiger partial charge on any atom is 0.410 e. The van der Waals surface area contributed by atoms with Crippen molar-refractivity contribution in [3.8, 4) is 0 Å². The number of esters is 1. The molecule has 2 atom stereocenters. The Bertz CT molecular complexity index is 579. The number of benzene rings is 1. The molecule has 7 heteroatoms. The molecule has 0 unspecified atom stereocenters. The van der Waals surface area contributed by atoms with Crippen molar-refractivity contribution in [2.24, 2.45) is 5.92 Å². The van der Waals surface area contributed by atoms with Crippen LogP contribution in [0, 0.1) is 5.92 Å². The van der Waals surface area contributed by atoms with E-state index in [1.807, 2.05) is 30.3 Å². The molecule has 150 valence electrons. The Kier molecular flexibility index (Phi) is 9.07. The lowest BCUT2D eigenvalue weighted by molar-refractivity contribution is -0.149. The quantitative estimate of drug-likeness (QED) is 0.353. The van der Waals surface area contributed by atoms with Crippen LogP contribution >= 0.6 is 0 Å². The fourth-order valence-electron chi connectivity index (χ4n) is 3.20. The first kappa shape index (κ1) is 21.2. The van der Waals surface area contributed by atoms with Crippen molar-refractivity contribution < 1.29 is 28.5 Å². The lowest BCUT2D eigenvalue weighted by Crippen LogP contribution is -2.44. The number of hydrogen-bond acceptors (Lipinski definition) is 6. The second kappa shape index (κ2) is 11.6. The van der Waals surface area contributed by atoms with Crippen molar-refractivity contribution in [1.29, 1.82) is 0 Å². The van der Waals surface area contributed by atoms with E-state index in [2.05, 4.69) is 0 Å². The van der Waals surface area contributed by atoms with Crippen molar-refractivity contribution >= 4 is 12.1 Å². The van der Waals surface area contributed by atoms with Crippen LogP contribution in [0.5, 0.6) is 0 Å². The molecule has 27 heavy (non-hydrogen) atoms. The summed E-state index contributed by atoms with van der Waals surface area (Å²) in [7, 11) is 0. The third-order valence-electron chi connectivity index (χ3n) is 4.46. The van der Waals surface area contributed by atoms with Crippen LogP contribution in [0.25, 0.3) is 0 Å². The van der Waals surface area contributed by atoms with Gasteiger partial charge in [0.25, 0.3) is 0 Å². The molecule has 1 aromatic carbocycles. The fourth-order valence-corrected chi connectivity index (χ4v) is 3.20. The van der Waals surface area contributed by atoms with Crippen LogP contribution in [-0.4, -0.2) is 56.2 Å². The molecule has 7 nitrogen and oxygen atoms in total. The zero-order valence-electron chi connectivity index (χ0n) is 16.1. The minimum absolute atomic E-state index is 0.0115. The topological polar surface area (TPSA) is 74.3 Å². The molecule has 1 aliphatic heterocycles. The van der Waals surface area contributed by atoms with Crippen LogP contribution in [0.3, 0.4) is 0 Å². The Balaban J connectivity index is 1.76. The highest BCUT2D eigenvalue weighted by atomic mass is 16.7. The molecule has 0 N–H and O–H groups in total. The Labute approximate surface area is 160 Å². The Morgan fingerprint density at radius 2 is 1.81 bits per heavy atom. The third-order valence-corrected chi connectivity index (χ3v) is 4.46. The van der Waals surface area contributed by atoms with E-state index in [0.29, 0.717) is 26.2 Å². The summed E-state index contributed by atoms with van der Waals surface area (Å²) >= 11 is 0. The molecule has 1 amide bonds. The van der Waals surface area contributed by atoms with E-state index in [0.717, 1.165) is 12.0 Å². The van der Waals surface area contributed by atoms with Crippen molar-refractivity contribution in [1.82, 2.24) is 4.90 Å². The van der Waals surface area contributed by atoms with Gasteiger partial charge in [-0.25, -0.2) is 9.59 Å². The van der Waals surface area contributed by atoms with E-state index >= 15 is 0 Å². The van der Waals surface area contributed by atoms with E-state index in [1.165, 1.54) is 4.90 Å². The van der Waals surface area contributed by atoms with Gasteiger partial charge in [0.05, 0.1) is 19.8 Å². The number of carbonyl (C=O) groups excluding carboxylic acids is 2. The van der Waals surface area contributed by atoms with E-state index in [9.17, 15) is 9.59 Å². The number of likely N-dealkylation sites (tertiary alicyclic amines) is 1. The summed E-state index contributed by atoms with van der Waals surface area (Å²) in [6.07, 6.45) is 0.898. The van der Waals surface area contributed by atoms with Crippen LogP contribution < -0.4 is 0 Å². The number of amides is 1. The highest BCUT2D eigenvalue weighted by Crippen LogP contribution is 2.29. The molecule has 0 bridgehead atoms. The average Bonchev–Trinajstić information content (AvgIpc) is 3.10. The van der Waals surface area contributed by atoms with Crippen LogP contribution in [0.4, 0.5) is 4.79 Å². The monoisotopic (exact) mass is 379 g/mol. The standard InChI is InChI=1S/C20H29NO6/c1-3-26-19(22)18-17(10-12-21(18)20(23)27-4-2)11-13-24-15-25-14-16-8-6-5-7-9-16/h5-9,17-18H,3-4,10-15H2,1-2H3/t17-,18-/m1/s1. The van der Waals surface area contributed by atoms with Crippen molar-refractivity contribution in [3.63, 3.8) is 0 Å². The highest BCUT2D eigenvalue weighted by Gasteiger charge is 2.43. The molecular weight excluding hydrogens is 350 g/mol. The molecule has 1 fully saturated rings. The molecule has 2 rings (SSSR count). The molecule has 0 spiro atoms. The zero-order valence-corrected chi connectivity index (χ0v) is 16.1. The second-order valence-electron chi connectivity index (χ2n) is 6.29. The molecule has 1 heterocycles. The minimum Gasteiger partial charge on any atom is -0.464 e. The SMILES string of the molecule is CCOC(=O)[C@H]1[C@@H](CCOCOCc2ccccc2)CCN1C(=O)OCC. The van der Waals surface area contributed by atoms with Crippen LogP contribution in [0.2, 0.25) is 0 Å². The summed E-state index contributed by atoms with van der Waals surface area (Å²) in [5, 5.41) is 0. The van der Waals surface area contributed by atoms with Gasteiger partial charge in [-0.2, -0.15) is 0 Å². The smallest absolute Gasteiger partial charge is 0.410 e. The van der Waals surface area contributed by atoms with Crippen molar-refractivity contribution in [3.05, 3.63) is 35.9 Å². The van der Waals surface area contributed by atoms with Gasteiger partial charge in [-0.1, -0.05) is 30.3 Å². The molecule has 0 aliphatic carbocycles. The average molecular weight is 379 g/mol. The van der Waals surface area contributed by atoms with E-state index < -0.39 is 12.1 Å². The first-order valence-corrected chi connectivity index (χ1v) is 9.46. The van der Waals surface area contributed by atoms with Crippen LogP contribution in [0.1, 0.15) is 32.3 Å². The maximum absolute atomic E-state index is 12.3. The molecular formula is C20H29NO6. The van der Waals surface area contributed by atoms with Crippen LogP contribution in [0.15, 0.2) is 30.3 Å². The third kappa shape index (κ3) is 6.52. The summed E-state index contributed by atoms with van der Waals surface area (Å²) in [5.41, 5.74) is 1.09. The summed E-state index contributed by atoms with van der Waals surface area (Å²) in [4.78, 5) is 25.9. The lowest BCUT2D eigenvalue weighted by Gasteiger charge is -2.25. The second-order valence-corrected chi connectivity index (χ2v) is 6.29. The number of rotatable bonds is 10. The summed E-state index contributed by atoms with van der Waals surface area (Å²) in [6.45, 7) is 5.67. The van der Waals surface area contributed by atoms with Gasteiger partial charge < -0.3 is 18.9 Å². The Morgan fingerprint density at radius 3 is 2.52 bits per heavy atom. The first-order valence-electron chi connectivity index (χ1n) is 9.46. The molecule has 1 saturated heterocycles. The van der Waals surface area contributed by atoms with Gasteiger partial charge in [-0.05, 0) is 38.2 Å². The van der Waals surface area contributed by atoms with Gasteiger partial charge in [0.1, 0.15) is 12.8 Å². The zero-order chi connectivity index (χ0) is 19.5. The van der Waals surface area contributed by atoms with Crippen molar-refractivity contribution in [2.75, 3.05) is 33.2 Å². The summed E-state index contributed by atoms with van der Waals surface area (Å²) in [5.74, 6) is -0.393. The molecule has 1 aliphatic rings. The molecule has 0 saturated carbocycles. The van der Waals surface area contributed by atoms with Gasteiger partial charge in [0, 0.05) is 13.2 Å². The Hall–Kier alpha value is -2.12. The first-order chi connectivity index (χ1) is 13.2. The summed E-state index contributed by atoms with van der Waals surface area (Å²) < 4.78 is 21.2. The number of ether oxygens (including phenoxy) is 4. The maximum atomic E-state index is 12.3. The molecule has 0 aromatic heterocycles. The predicted molar refractivity (Wildman–Crippen MR) is 98.9 cm³/mol. The van der Waals surface area contributed by atoms with E-state index in [4.69, 9.17) is 18.9 Å². The molecule has 1 aromatic rings. The normalized spacial score (nSPS) is 19.1. The van der Waals surface area contributed by atoms with Gasteiger partial charge in [0.15, 0.2) is 0 Å². The Morgan fingerprint density at radius 1 is 1.07 bits per heavy atom.